The molecule has 0 heterocycles. The van der Waals surface area contributed by atoms with Gasteiger partial charge in [-0.15, -0.1) is 0 Å². The standard InChI is InChI=1S/C15H24FN/c1-11(2)8-15(9-12(3)4)17-14-7-5-6-13(16)10-14/h5-7,10-12,15,17H,8-9H2,1-4H3. The highest BCUT2D eigenvalue weighted by Crippen LogP contribution is 2.19. The zero-order valence-corrected chi connectivity index (χ0v) is 11.3. The van der Waals surface area contributed by atoms with Crippen molar-refractivity contribution in [2.24, 2.45) is 11.8 Å². The number of anilines is 1. The smallest absolute Gasteiger partial charge is 0.125 e. The van der Waals surface area contributed by atoms with Crippen LogP contribution in [-0.2, 0) is 0 Å². The molecule has 1 N–H and O–H groups in total. The molecule has 0 aliphatic heterocycles. The SMILES string of the molecule is CC(C)CC(CC(C)C)Nc1cccc(F)c1. The molecule has 0 aliphatic rings. The number of nitrogens with one attached hydrogen (secondary N) is 1. The summed E-state index contributed by atoms with van der Waals surface area (Å²) >= 11 is 0. The molecule has 0 aromatic heterocycles. The highest BCUT2D eigenvalue weighted by Gasteiger charge is 2.12. The Balaban J connectivity index is 2.64. The fraction of sp³-hybridized carbons (Fsp3) is 0.600. The molecule has 0 radical (unpaired) electrons. The van der Waals surface area contributed by atoms with E-state index in [-0.39, 0.29) is 5.82 Å². The van der Waals surface area contributed by atoms with Crippen molar-refractivity contribution in [1.29, 1.82) is 0 Å². The quantitative estimate of drug-likeness (QED) is 0.756. The van der Waals surface area contributed by atoms with Crippen molar-refractivity contribution >= 4 is 5.69 Å². The molecular formula is C15H24FN. The highest BCUT2D eigenvalue weighted by molar-refractivity contribution is 5.43. The molecule has 1 aromatic carbocycles. The molecule has 0 atom stereocenters. The first-order chi connectivity index (χ1) is 7.97. The molecule has 1 aromatic rings. The van der Waals surface area contributed by atoms with E-state index in [9.17, 15) is 4.39 Å². The second-order valence-corrected chi connectivity index (χ2v) is 5.61. The van der Waals surface area contributed by atoms with Crippen LogP contribution in [0.1, 0.15) is 40.5 Å². The summed E-state index contributed by atoms with van der Waals surface area (Å²) in [6.07, 6.45) is 2.24. The molecule has 96 valence electrons. The van der Waals surface area contributed by atoms with Gasteiger partial charge in [0.05, 0.1) is 0 Å². The van der Waals surface area contributed by atoms with Gasteiger partial charge in [-0.05, 0) is 42.9 Å². The second-order valence-electron chi connectivity index (χ2n) is 5.61. The molecule has 0 bridgehead atoms. The Bertz CT molecular complexity index is 323. The molecule has 0 saturated carbocycles. The van der Waals surface area contributed by atoms with Gasteiger partial charge in [-0.25, -0.2) is 4.39 Å². The number of hydrogen-bond acceptors (Lipinski definition) is 1. The Morgan fingerprint density at radius 1 is 1.06 bits per heavy atom. The van der Waals surface area contributed by atoms with Crippen LogP contribution in [0.5, 0.6) is 0 Å². The Morgan fingerprint density at radius 3 is 2.12 bits per heavy atom. The number of rotatable bonds is 6. The van der Waals surface area contributed by atoms with Crippen LogP contribution in [0, 0.1) is 17.7 Å². The molecule has 0 fully saturated rings. The average molecular weight is 237 g/mol. The van der Waals surface area contributed by atoms with Crippen LogP contribution in [0.15, 0.2) is 24.3 Å². The van der Waals surface area contributed by atoms with Crippen LogP contribution in [0.25, 0.3) is 0 Å². The Morgan fingerprint density at radius 2 is 1.65 bits per heavy atom. The summed E-state index contributed by atoms with van der Waals surface area (Å²) in [5.41, 5.74) is 0.885. The second kappa shape index (κ2) is 6.63. The summed E-state index contributed by atoms with van der Waals surface area (Å²) in [5.74, 6) is 1.13. The van der Waals surface area contributed by atoms with Gasteiger partial charge in [-0.3, -0.25) is 0 Å². The van der Waals surface area contributed by atoms with E-state index in [1.807, 2.05) is 6.07 Å². The van der Waals surface area contributed by atoms with Crippen molar-refractivity contribution in [3.63, 3.8) is 0 Å². The third kappa shape index (κ3) is 5.71. The largest absolute Gasteiger partial charge is 0.382 e. The van der Waals surface area contributed by atoms with E-state index >= 15 is 0 Å². The maximum absolute atomic E-state index is 13.1. The first-order valence-electron chi connectivity index (χ1n) is 6.49. The van der Waals surface area contributed by atoms with Crippen LogP contribution in [-0.4, -0.2) is 6.04 Å². The van der Waals surface area contributed by atoms with Gasteiger partial charge >= 0.3 is 0 Å². The fourth-order valence-corrected chi connectivity index (χ4v) is 2.17. The third-order valence-corrected chi connectivity index (χ3v) is 2.71. The van der Waals surface area contributed by atoms with E-state index < -0.39 is 0 Å². The molecule has 0 aliphatic carbocycles. The Labute approximate surface area is 104 Å². The van der Waals surface area contributed by atoms with Gasteiger partial charge in [-0.2, -0.15) is 0 Å². The topological polar surface area (TPSA) is 12.0 Å². The lowest BCUT2D eigenvalue weighted by Crippen LogP contribution is -2.23. The molecule has 17 heavy (non-hydrogen) atoms. The summed E-state index contributed by atoms with van der Waals surface area (Å²) < 4.78 is 13.1. The highest BCUT2D eigenvalue weighted by atomic mass is 19.1. The van der Waals surface area contributed by atoms with Crippen molar-refractivity contribution in [2.45, 2.75) is 46.6 Å². The van der Waals surface area contributed by atoms with Gasteiger partial charge in [0.15, 0.2) is 0 Å². The Kier molecular flexibility index (Phi) is 5.46. The van der Waals surface area contributed by atoms with Crippen LogP contribution in [0.2, 0.25) is 0 Å². The van der Waals surface area contributed by atoms with Crippen molar-refractivity contribution in [3.05, 3.63) is 30.1 Å². The first-order valence-corrected chi connectivity index (χ1v) is 6.49. The summed E-state index contributed by atoms with van der Waals surface area (Å²) in [7, 11) is 0. The minimum Gasteiger partial charge on any atom is -0.382 e. The van der Waals surface area contributed by atoms with E-state index in [0.717, 1.165) is 18.5 Å². The summed E-state index contributed by atoms with van der Waals surface area (Å²) in [4.78, 5) is 0. The van der Waals surface area contributed by atoms with Crippen LogP contribution < -0.4 is 5.32 Å². The molecule has 1 nitrogen and oxygen atoms in total. The van der Waals surface area contributed by atoms with Crippen molar-refractivity contribution in [3.8, 4) is 0 Å². The van der Waals surface area contributed by atoms with Gasteiger partial charge in [0, 0.05) is 11.7 Å². The van der Waals surface area contributed by atoms with E-state index in [1.54, 1.807) is 12.1 Å². The maximum atomic E-state index is 13.1. The summed E-state index contributed by atoms with van der Waals surface area (Å²) in [6.45, 7) is 8.89. The number of benzene rings is 1. The van der Waals surface area contributed by atoms with Crippen LogP contribution in [0.3, 0.4) is 0 Å². The van der Waals surface area contributed by atoms with Crippen molar-refractivity contribution in [2.75, 3.05) is 5.32 Å². The van der Waals surface area contributed by atoms with E-state index in [1.165, 1.54) is 6.07 Å². The van der Waals surface area contributed by atoms with Gasteiger partial charge in [0.25, 0.3) is 0 Å². The zero-order chi connectivity index (χ0) is 12.8. The van der Waals surface area contributed by atoms with Crippen molar-refractivity contribution < 1.29 is 4.39 Å². The van der Waals surface area contributed by atoms with Gasteiger partial charge in [0.1, 0.15) is 5.82 Å². The van der Waals surface area contributed by atoms with Crippen LogP contribution in [0.4, 0.5) is 10.1 Å². The lowest BCUT2D eigenvalue weighted by atomic mass is 9.95. The number of hydrogen-bond donors (Lipinski definition) is 1. The van der Waals surface area contributed by atoms with E-state index in [2.05, 4.69) is 33.0 Å². The lowest BCUT2D eigenvalue weighted by Gasteiger charge is -2.23. The van der Waals surface area contributed by atoms with Gasteiger partial charge < -0.3 is 5.32 Å². The molecule has 0 unspecified atom stereocenters. The molecule has 2 heteroatoms. The van der Waals surface area contributed by atoms with Gasteiger partial charge in [0.2, 0.25) is 0 Å². The predicted octanol–water partition coefficient (Wildman–Crippen LogP) is 4.70. The minimum atomic E-state index is -0.178. The lowest BCUT2D eigenvalue weighted by molar-refractivity contribution is 0.442. The average Bonchev–Trinajstić information content (AvgIpc) is 2.14. The monoisotopic (exact) mass is 237 g/mol. The Hall–Kier alpha value is -1.05. The van der Waals surface area contributed by atoms with Crippen molar-refractivity contribution in [1.82, 2.24) is 0 Å². The molecule has 0 amide bonds. The fourth-order valence-electron chi connectivity index (χ4n) is 2.17. The summed E-state index contributed by atoms with van der Waals surface area (Å²) in [5, 5.41) is 3.44. The van der Waals surface area contributed by atoms with E-state index in [0.29, 0.717) is 17.9 Å². The molecule has 0 spiro atoms. The normalized spacial score (nSPS) is 11.5. The molecule has 1 rings (SSSR count). The van der Waals surface area contributed by atoms with E-state index in [4.69, 9.17) is 0 Å². The summed E-state index contributed by atoms with van der Waals surface area (Å²) in [6, 6.07) is 7.14. The third-order valence-electron chi connectivity index (χ3n) is 2.71. The maximum Gasteiger partial charge on any atom is 0.125 e. The molecular weight excluding hydrogens is 213 g/mol. The zero-order valence-electron chi connectivity index (χ0n) is 11.3. The first kappa shape index (κ1) is 14.0. The van der Waals surface area contributed by atoms with Crippen LogP contribution >= 0.6 is 0 Å². The predicted molar refractivity (Wildman–Crippen MR) is 72.7 cm³/mol. The number of halogens is 1. The minimum absolute atomic E-state index is 0.178. The van der Waals surface area contributed by atoms with Gasteiger partial charge in [-0.1, -0.05) is 33.8 Å². The molecule has 0 saturated heterocycles.